The molecule has 6 nitrogen and oxygen atoms in total. The van der Waals surface area contributed by atoms with Gasteiger partial charge in [0.05, 0.1) is 6.61 Å². The summed E-state index contributed by atoms with van der Waals surface area (Å²) >= 11 is 0. The van der Waals surface area contributed by atoms with Crippen LogP contribution in [0, 0.1) is 0 Å². The van der Waals surface area contributed by atoms with E-state index < -0.39 is 17.7 Å². The van der Waals surface area contributed by atoms with Gasteiger partial charge in [0.15, 0.2) is 0 Å². The summed E-state index contributed by atoms with van der Waals surface area (Å²) in [4.78, 5) is 22.0. The average Bonchev–Trinajstić information content (AvgIpc) is 2.48. The number of benzene rings is 1. The molecule has 0 spiro atoms. The molecule has 0 atom stereocenters. The Balaban J connectivity index is 2.13. The minimum atomic E-state index is -0.796. The van der Waals surface area contributed by atoms with Gasteiger partial charge in [0.1, 0.15) is 11.4 Å². The van der Waals surface area contributed by atoms with E-state index in [-0.39, 0.29) is 6.42 Å². The Morgan fingerprint density at radius 1 is 1.12 bits per heavy atom. The molecule has 24 heavy (non-hydrogen) atoms. The average molecular weight is 337 g/mol. The molecule has 0 bridgehead atoms. The van der Waals surface area contributed by atoms with Crippen LogP contribution in [0.25, 0.3) is 0 Å². The van der Waals surface area contributed by atoms with Gasteiger partial charge in [0.25, 0.3) is 0 Å². The first kappa shape index (κ1) is 19.8. The third-order valence-electron chi connectivity index (χ3n) is 3.06. The van der Waals surface area contributed by atoms with Gasteiger partial charge in [-0.3, -0.25) is 4.79 Å². The molecule has 1 rings (SSSR count). The number of hydrogen-bond acceptors (Lipinski definition) is 4. The molecule has 1 amide bonds. The van der Waals surface area contributed by atoms with E-state index in [4.69, 9.17) is 14.6 Å². The molecular weight excluding hydrogens is 310 g/mol. The molecule has 2 N–H and O–H groups in total. The second kappa shape index (κ2) is 9.80. The maximum Gasteiger partial charge on any atom is 0.407 e. The third-order valence-corrected chi connectivity index (χ3v) is 3.06. The molecule has 0 fully saturated rings. The number of aliphatic carboxylic acids is 1. The fraction of sp³-hybridized carbons (Fsp3) is 0.556. The summed E-state index contributed by atoms with van der Waals surface area (Å²) in [5.41, 5.74) is 0.496. The van der Waals surface area contributed by atoms with Gasteiger partial charge < -0.3 is 19.9 Å². The molecule has 0 radical (unpaired) electrons. The predicted octanol–water partition coefficient (Wildman–Crippen LogP) is 3.39. The third kappa shape index (κ3) is 9.71. The van der Waals surface area contributed by atoms with Crippen LogP contribution in [-0.4, -0.2) is 35.9 Å². The summed E-state index contributed by atoms with van der Waals surface area (Å²) in [7, 11) is 0. The Morgan fingerprint density at radius 2 is 1.79 bits per heavy atom. The monoisotopic (exact) mass is 337 g/mol. The summed E-state index contributed by atoms with van der Waals surface area (Å²) in [6.07, 6.45) is 1.86. The lowest BCUT2D eigenvalue weighted by atomic mass is 10.1. The van der Waals surface area contributed by atoms with Gasteiger partial charge in [0.2, 0.25) is 0 Å². The van der Waals surface area contributed by atoms with Crippen LogP contribution in [-0.2, 0) is 16.0 Å². The number of carbonyl (C=O) groups is 2. The molecule has 1 aromatic rings. The minimum Gasteiger partial charge on any atom is -0.494 e. The van der Waals surface area contributed by atoms with Crippen molar-refractivity contribution in [3.8, 4) is 5.75 Å². The zero-order valence-electron chi connectivity index (χ0n) is 14.6. The van der Waals surface area contributed by atoms with Gasteiger partial charge in [-0.1, -0.05) is 12.1 Å². The minimum absolute atomic E-state index is 0.130. The highest BCUT2D eigenvalue weighted by atomic mass is 16.6. The van der Waals surface area contributed by atoms with E-state index in [0.29, 0.717) is 19.6 Å². The highest BCUT2D eigenvalue weighted by molar-refractivity contribution is 5.67. The first-order chi connectivity index (χ1) is 11.3. The number of amides is 1. The van der Waals surface area contributed by atoms with Gasteiger partial charge >= 0.3 is 12.1 Å². The first-order valence-electron chi connectivity index (χ1n) is 8.16. The first-order valence-corrected chi connectivity index (χ1v) is 8.16. The van der Waals surface area contributed by atoms with E-state index in [0.717, 1.165) is 24.2 Å². The van der Waals surface area contributed by atoms with E-state index in [1.165, 1.54) is 0 Å². The maximum absolute atomic E-state index is 11.4. The van der Waals surface area contributed by atoms with Gasteiger partial charge in [-0.25, -0.2) is 4.79 Å². The molecule has 0 aliphatic heterocycles. The van der Waals surface area contributed by atoms with Crippen molar-refractivity contribution in [3.05, 3.63) is 29.8 Å². The molecule has 0 aromatic heterocycles. The number of carbonyl (C=O) groups excluding carboxylic acids is 1. The highest BCUT2D eigenvalue weighted by Crippen LogP contribution is 2.14. The van der Waals surface area contributed by atoms with Gasteiger partial charge in [0, 0.05) is 13.0 Å². The van der Waals surface area contributed by atoms with E-state index >= 15 is 0 Å². The van der Waals surface area contributed by atoms with E-state index in [1.807, 2.05) is 45.0 Å². The van der Waals surface area contributed by atoms with Crippen LogP contribution >= 0.6 is 0 Å². The molecular formula is C18H27NO5. The summed E-state index contributed by atoms with van der Waals surface area (Å²) in [6.45, 7) is 6.59. The molecule has 0 aliphatic rings. The molecule has 134 valence electrons. The van der Waals surface area contributed by atoms with E-state index in [1.54, 1.807) is 0 Å². The largest absolute Gasteiger partial charge is 0.494 e. The van der Waals surface area contributed by atoms with Gasteiger partial charge in [-0.05, 0) is 57.7 Å². The Labute approximate surface area is 143 Å². The SMILES string of the molecule is CC(C)(C)OC(=O)NCCCCOc1ccc(CCC(=O)O)cc1. The molecule has 0 aliphatic carbocycles. The number of unbranched alkanes of at least 4 members (excludes halogenated alkanes) is 1. The fourth-order valence-corrected chi connectivity index (χ4v) is 1.93. The maximum atomic E-state index is 11.4. The van der Waals surface area contributed by atoms with Crippen molar-refractivity contribution < 1.29 is 24.2 Å². The van der Waals surface area contributed by atoms with Crippen molar-refractivity contribution >= 4 is 12.1 Å². The highest BCUT2D eigenvalue weighted by Gasteiger charge is 2.15. The van der Waals surface area contributed by atoms with Gasteiger partial charge in [-0.2, -0.15) is 0 Å². The number of hydrogen-bond donors (Lipinski definition) is 2. The van der Waals surface area contributed by atoms with Crippen LogP contribution in [0.2, 0.25) is 0 Å². The number of alkyl carbamates (subject to hydrolysis) is 1. The number of rotatable bonds is 9. The number of aryl methyl sites for hydroxylation is 1. The normalized spacial score (nSPS) is 11.0. The fourth-order valence-electron chi connectivity index (χ4n) is 1.93. The summed E-state index contributed by atoms with van der Waals surface area (Å²) in [6, 6.07) is 7.44. The molecule has 6 heteroatoms. The van der Waals surface area contributed by atoms with Crippen LogP contribution in [0.5, 0.6) is 5.75 Å². The van der Waals surface area contributed by atoms with Crippen LogP contribution < -0.4 is 10.1 Å². The van der Waals surface area contributed by atoms with Crippen molar-refractivity contribution in [2.75, 3.05) is 13.2 Å². The summed E-state index contributed by atoms with van der Waals surface area (Å²) in [5, 5.41) is 11.4. The second-order valence-electron chi connectivity index (χ2n) is 6.52. The lowest BCUT2D eigenvalue weighted by Crippen LogP contribution is -2.33. The zero-order valence-corrected chi connectivity index (χ0v) is 14.6. The van der Waals surface area contributed by atoms with E-state index in [2.05, 4.69) is 5.32 Å². The molecule has 0 heterocycles. The smallest absolute Gasteiger partial charge is 0.407 e. The Hall–Kier alpha value is -2.24. The second-order valence-corrected chi connectivity index (χ2v) is 6.52. The van der Waals surface area contributed by atoms with Crippen LogP contribution in [0.3, 0.4) is 0 Å². The molecule has 0 saturated heterocycles. The Bertz CT molecular complexity index is 519. The molecule has 0 unspecified atom stereocenters. The lowest BCUT2D eigenvalue weighted by molar-refractivity contribution is -0.136. The van der Waals surface area contributed by atoms with Crippen LogP contribution in [0.1, 0.15) is 45.6 Å². The molecule has 0 saturated carbocycles. The Morgan fingerprint density at radius 3 is 2.38 bits per heavy atom. The standard InChI is InChI=1S/C18H27NO5/c1-18(2,3)24-17(22)19-12-4-5-13-23-15-9-6-14(7-10-15)8-11-16(20)21/h6-7,9-10H,4-5,8,11-13H2,1-3H3,(H,19,22)(H,20,21). The summed E-state index contributed by atoms with van der Waals surface area (Å²) < 4.78 is 10.8. The summed E-state index contributed by atoms with van der Waals surface area (Å²) in [5.74, 6) is -0.0375. The number of ether oxygens (including phenoxy) is 2. The van der Waals surface area contributed by atoms with Gasteiger partial charge in [-0.15, -0.1) is 0 Å². The van der Waals surface area contributed by atoms with Crippen molar-refractivity contribution in [3.63, 3.8) is 0 Å². The molecule has 1 aromatic carbocycles. The van der Waals surface area contributed by atoms with Crippen molar-refractivity contribution in [1.82, 2.24) is 5.32 Å². The number of carboxylic acids is 1. The predicted molar refractivity (Wildman–Crippen MR) is 91.4 cm³/mol. The Kier molecular flexibility index (Phi) is 8.09. The quantitative estimate of drug-likeness (QED) is 0.675. The van der Waals surface area contributed by atoms with Crippen molar-refractivity contribution in [1.29, 1.82) is 0 Å². The van der Waals surface area contributed by atoms with Crippen LogP contribution in [0.15, 0.2) is 24.3 Å². The van der Waals surface area contributed by atoms with Crippen molar-refractivity contribution in [2.24, 2.45) is 0 Å². The topological polar surface area (TPSA) is 84.9 Å². The zero-order chi connectivity index (χ0) is 18.0. The number of carboxylic acid groups (broad SMARTS) is 1. The lowest BCUT2D eigenvalue weighted by Gasteiger charge is -2.19. The van der Waals surface area contributed by atoms with Crippen molar-refractivity contribution in [2.45, 2.75) is 52.1 Å². The van der Waals surface area contributed by atoms with Crippen LogP contribution in [0.4, 0.5) is 4.79 Å². The number of nitrogens with one attached hydrogen (secondary N) is 1. The van der Waals surface area contributed by atoms with E-state index in [9.17, 15) is 9.59 Å².